The monoisotopic (exact) mass is 347 g/mol. The van der Waals surface area contributed by atoms with Crippen molar-refractivity contribution in [3.8, 4) is 11.5 Å². The predicted octanol–water partition coefficient (Wildman–Crippen LogP) is 3.97. The van der Waals surface area contributed by atoms with E-state index in [0.29, 0.717) is 22.2 Å². The van der Waals surface area contributed by atoms with Gasteiger partial charge in [-0.1, -0.05) is 41.4 Å². The first-order valence-electron chi connectivity index (χ1n) is 6.74. The van der Waals surface area contributed by atoms with Crippen LogP contribution in [0.2, 0.25) is 10.0 Å². The summed E-state index contributed by atoms with van der Waals surface area (Å²) in [5, 5.41) is 11.5. The van der Waals surface area contributed by atoms with Crippen LogP contribution in [0.3, 0.4) is 0 Å². The second kappa shape index (κ2) is 6.81. The quantitative estimate of drug-likeness (QED) is 0.775. The Labute approximate surface area is 142 Å². The molecule has 5 nitrogen and oxygen atoms in total. The molecule has 0 spiro atoms. The van der Waals surface area contributed by atoms with Crippen molar-refractivity contribution < 1.29 is 9.21 Å². The number of carbonyl (C=O) groups is 1. The van der Waals surface area contributed by atoms with E-state index >= 15 is 0 Å². The third kappa shape index (κ3) is 3.88. The average molecular weight is 348 g/mol. The lowest BCUT2D eigenvalue weighted by Gasteiger charge is -2.02. The molecule has 3 aromatic rings. The Morgan fingerprint density at radius 3 is 2.57 bits per heavy atom. The fourth-order valence-electron chi connectivity index (χ4n) is 1.91. The highest BCUT2D eigenvalue weighted by atomic mass is 35.5. The lowest BCUT2D eigenvalue weighted by Crippen LogP contribution is -2.23. The Morgan fingerprint density at radius 2 is 1.83 bits per heavy atom. The van der Waals surface area contributed by atoms with Crippen LogP contribution in [-0.4, -0.2) is 16.1 Å². The molecule has 0 fully saturated rings. The van der Waals surface area contributed by atoms with Gasteiger partial charge in [0.15, 0.2) is 0 Å². The molecule has 1 heterocycles. The summed E-state index contributed by atoms with van der Waals surface area (Å²) in [6.07, 6.45) is 0. The van der Waals surface area contributed by atoms with E-state index in [1.54, 1.807) is 36.4 Å². The Morgan fingerprint density at radius 1 is 1.04 bits per heavy atom. The molecule has 0 atom stereocenters. The lowest BCUT2D eigenvalue weighted by atomic mass is 10.2. The topological polar surface area (TPSA) is 68.0 Å². The van der Waals surface area contributed by atoms with Gasteiger partial charge in [-0.25, -0.2) is 0 Å². The van der Waals surface area contributed by atoms with Crippen LogP contribution in [0.25, 0.3) is 11.5 Å². The first kappa shape index (κ1) is 15.5. The Kier molecular flexibility index (Phi) is 4.60. The molecule has 116 valence electrons. The van der Waals surface area contributed by atoms with Crippen molar-refractivity contribution in [2.24, 2.45) is 0 Å². The van der Waals surface area contributed by atoms with Crippen molar-refractivity contribution in [2.75, 3.05) is 0 Å². The van der Waals surface area contributed by atoms with E-state index in [2.05, 4.69) is 15.5 Å². The number of hydrogen-bond acceptors (Lipinski definition) is 4. The van der Waals surface area contributed by atoms with Crippen molar-refractivity contribution in [2.45, 2.75) is 6.54 Å². The van der Waals surface area contributed by atoms with E-state index in [9.17, 15) is 4.79 Å². The standard InChI is InChI=1S/C16H11Cl2N3O2/c17-12-6-4-10(5-7-12)9-19-14(22)16-21-20-15(23-16)11-2-1-3-13(18)8-11/h1-8H,9H2,(H,19,22). The van der Waals surface area contributed by atoms with E-state index in [0.717, 1.165) is 5.56 Å². The van der Waals surface area contributed by atoms with Gasteiger partial charge in [0, 0.05) is 22.2 Å². The van der Waals surface area contributed by atoms with Gasteiger partial charge in [-0.15, -0.1) is 10.2 Å². The van der Waals surface area contributed by atoms with Gasteiger partial charge in [0.05, 0.1) is 0 Å². The van der Waals surface area contributed by atoms with Gasteiger partial charge in [-0.3, -0.25) is 4.79 Å². The molecule has 1 aromatic heterocycles. The number of rotatable bonds is 4. The zero-order valence-electron chi connectivity index (χ0n) is 11.8. The molecule has 0 radical (unpaired) electrons. The van der Waals surface area contributed by atoms with Gasteiger partial charge < -0.3 is 9.73 Å². The Bertz CT molecular complexity index is 831. The van der Waals surface area contributed by atoms with Gasteiger partial charge in [0.25, 0.3) is 0 Å². The summed E-state index contributed by atoms with van der Waals surface area (Å²) < 4.78 is 5.38. The van der Waals surface area contributed by atoms with E-state index in [-0.39, 0.29) is 11.8 Å². The second-order valence-corrected chi connectivity index (χ2v) is 5.60. The summed E-state index contributed by atoms with van der Waals surface area (Å²) in [6.45, 7) is 0.338. The maximum atomic E-state index is 12.0. The van der Waals surface area contributed by atoms with Crippen LogP contribution in [0.4, 0.5) is 0 Å². The molecular formula is C16H11Cl2N3O2. The minimum atomic E-state index is -0.444. The van der Waals surface area contributed by atoms with Crippen LogP contribution in [0, 0.1) is 0 Å². The second-order valence-electron chi connectivity index (χ2n) is 4.73. The first-order chi connectivity index (χ1) is 11.1. The van der Waals surface area contributed by atoms with Crippen molar-refractivity contribution >= 4 is 29.1 Å². The predicted molar refractivity (Wildman–Crippen MR) is 87.4 cm³/mol. The van der Waals surface area contributed by atoms with E-state index in [1.807, 2.05) is 12.1 Å². The molecule has 0 saturated carbocycles. The minimum absolute atomic E-state index is 0.103. The number of nitrogens with one attached hydrogen (secondary N) is 1. The van der Waals surface area contributed by atoms with Gasteiger partial charge >= 0.3 is 11.8 Å². The highest BCUT2D eigenvalue weighted by Gasteiger charge is 2.15. The maximum Gasteiger partial charge on any atom is 0.309 e. The molecule has 0 aliphatic heterocycles. The van der Waals surface area contributed by atoms with Gasteiger partial charge in [0.2, 0.25) is 5.89 Å². The third-order valence-electron chi connectivity index (χ3n) is 3.06. The normalized spacial score (nSPS) is 10.5. The SMILES string of the molecule is O=C(NCc1ccc(Cl)cc1)c1nnc(-c2cccc(Cl)c2)o1. The maximum absolute atomic E-state index is 12.0. The third-order valence-corrected chi connectivity index (χ3v) is 3.54. The fraction of sp³-hybridized carbons (Fsp3) is 0.0625. The number of hydrogen-bond donors (Lipinski definition) is 1. The zero-order valence-corrected chi connectivity index (χ0v) is 13.3. The van der Waals surface area contributed by atoms with Gasteiger partial charge in [0.1, 0.15) is 0 Å². The summed E-state index contributed by atoms with van der Waals surface area (Å²) >= 11 is 11.7. The Hall–Kier alpha value is -2.37. The molecule has 1 N–H and O–H groups in total. The number of aromatic nitrogens is 2. The summed E-state index contributed by atoms with van der Waals surface area (Å²) in [5.74, 6) is -0.307. The van der Waals surface area contributed by atoms with Crippen molar-refractivity contribution in [3.05, 3.63) is 70.0 Å². The molecule has 23 heavy (non-hydrogen) atoms. The highest BCUT2D eigenvalue weighted by Crippen LogP contribution is 2.21. The van der Waals surface area contributed by atoms with Crippen LogP contribution < -0.4 is 5.32 Å². The molecule has 7 heteroatoms. The number of halogens is 2. The van der Waals surface area contributed by atoms with E-state index in [1.165, 1.54) is 0 Å². The molecule has 0 aliphatic carbocycles. The smallest absolute Gasteiger partial charge is 0.309 e. The van der Waals surface area contributed by atoms with Crippen LogP contribution in [-0.2, 0) is 6.54 Å². The molecular weight excluding hydrogens is 337 g/mol. The number of benzene rings is 2. The van der Waals surface area contributed by atoms with Gasteiger partial charge in [-0.2, -0.15) is 0 Å². The molecule has 0 bridgehead atoms. The lowest BCUT2D eigenvalue weighted by molar-refractivity contribution is 0.0917. The average Bonchev–Trinajstić information content (AvgIpc) is 3.04. The molecule has 2 aromatic carbocycles. The fourth-order valence-corrected chi connectivity index (χ4v) is 2.23. The zero-order chi connectivity index (χ0) is 16.2. The van der Waals surface area contributed by atoms with Crippen molar-refractivity contribution in [1.29, 1.82) is 0 Å². The highest BCUT2D eigenvalue weighted by molar-refractivity contribution is 6.31. The first-order valence-corrected chi connectivity index (χ1v) is 7.49. The van der Waals surface area contributed by atoms with Crippen molar-refractivity contribution in [1.82, 2.24) is 15.5 Å². The number of carbonyl (C=O) groups excluding carboxylic acids is 1. The summed E-state index contributed by atoms with van der Waals surface area (Å²) in [6, 6.07) is 14.1. The largest absolute Gasteiger partial charge is 0.412 e. The summed E-state index contributed by atoms with van der Waals surface area (Å²) in [4.78, 5) is 12.0. The Balaban J connectivity index is 1.67. The molecule has 0 unspecified atom stereocenters. The molecule has 3 rings (SSSR count). The van der Waals surface area contributed by atoms with E-state index in [4.69, 9.17) is 27.6 Å². The van der Waals surface area contributed by atoms with Crippen LogP contribution in [0.1, 0.15) is 16.2 Å². The minimum Gasteiger partial charge on any atom is -0.412 e. The van der Waals surface area contributed by atoms with Crippen LogP contribution in [0.15, 0.2) is 52.9 Å². The molecule has 1 amide bonds. The van der Waals surface area contributed by atoms with Crippen LogP contribution in [0.5, 0.6) is 0 Å². The number of nitrogens with zero attached hydrogens (tertiary/aromatic N) is 2. The number of amides is 1. The van der Waals surface area contributed by atoms with Gasteiger partial charge in [-0.05, 0) is 35.9 Å². The summed E-state index contributed by atoms with van der Waals surface area (Å²) in [5.41, 5.74) is 1.57. The van der Waals surface area contributed by atoms with E-state index < -0.39 is 5.91 Å². The summed E-state index contributed by atoms with van der Waals surface area (Å²) in [7, 11) is 0. The molecule has 0 saturated heterocycles. The van der Waals surface area contributed by atoms with Crippen LogP contribution >= 0.6 is 23.2 Å². The molecule has 0 aliphatic rings. The van der Waals surface area contributed by atoms with Crippen molar-refractivity contribution in [3.63, 3.8) is 0 Å².